The van der Waals surface area contributed by atoms with E-state index in [2.05, 4.69) is 22.1 Å². The van der Waals surface area contributed by atoms with Crippen molar-refractivity contribution >= 4 is 17.4 Å². The second kappa shape index (κ2) is 7.13. The molecule has 1 N–H and O–H groups in total. The Morgan fingerprint density at radius 1 is 1.48 bits per heavy atom. The fourth-order valence-corrected chi connectivity index (χ4v) is 4.07. The van der Waals surface area contributed by atoms with Crippen LogP contribution in [0, 0.1) is 0 Å². The second-order valence-corrected chi connectivity index (χ2v) is 7.13. The molecule has 1 saturated carbocycles. The van der Waals surface area contributed by atoms with E-state index in [0.717, 1.165) is 12.8 Å². The van der Waals surface area contributed by atoms with E-state index < -0.39 is 6.43 Å². The van der Waals surface area contributed by atoms with E-state index in [1.165, 1.54) is 5.56 Å². The third-order valence-electron chi connectivity index (χ3n) is 4.81. The number of carbonyl (C=O) groups excluding carboxylic acids is 1. The maximum absolute atomic E-state index is 12.6. The van der Waals surface area contributed by atoms with E-state index in [1.54, 1.807) is 21.1 Å². The van der Waals surface area contributed by atoms with Crippen LogP contribution >= 0.6 is 11.3 Å². The number of hydrogen-bond donors (Lipinski definition) is 1. The summed E-state index contributed by atoms with van der Waals surface area (Å²) < 4.78 is 25.2. The van der Waals surface area contributed by atoms with Gasteiger partial charge in [0.1, 0.15) is 0 Å². The molecule has 2 heterocycles. The minimum absolute atomic E-state index is 0.0235. The van der Waals surface area contributed by atoms with Crippen molar-refractivity contribution in [2.24, 2.45) is 0 Å². The monoisotopic (exact) mass is 343 g/mol. The van der Waals surface area contributed by atoms with E-state index in [4.69, 9.17) is 0 Å². The van der Waals surface area contributed by atoms with Gasteiger partial charge in [0, 0.05) is 37.6 Å². The van der Waals surface area contributed by atoms with Crippen LogP contribution in [0.25, 0.3) is 0 Å². The summed E-state index contributed by atoms with van der Waals surface area (Å²) in [4.78, 5) is 16.0. The highest BCUT2D eigenvalue weighted by Crippen LogP contribution is 2.41. The molecule has 3 rings (SSSR count). The number of hydrogen-bond acceptors (Lipinski definition) is 3. The number of carbonyl (C=O) groups is 1. The van der Waals surface area contributed by atoms with Crippen LogP contribution in [0.2, 0.25) is 0 Å². The summed E-state index contributed by atoms with van der Waals surface area (Å²) >= 11 is 1.68. The summed E-state index contributed by atoms with van der Waals surface area (Å²) in [5, 5.41) is 7.28. The largest absolute Gasteiger partial charge is 0.335 e. The lowest BCUT2D eigenvalue weighted by Gasteiger charge is -2.41. The van der Waals surface area contributed by atoms with Gasteiger partial charge in [-0.05, 0) is 35.2 Å². The number of nitrogens with one attached hydrogen (secondary N) is 1. The number of rotatable bonds is 5. The zero-order chi connectivity index (χ0) is 16.4. The third-order valence-corrected chi connectivity index (χ3v) is 5.51. The van der Waals surface area contributed by atoms with Crippen LogP contribution in [-0.4, -0.2) is 60.5 Å². The van der Waals surface area contributed by atoms with Gasteiger partial charge in [-0.3, -0.25) is 4.90 Å². The van der Waals surface area contributed by atoms with Crippen molar-refractivity contribution in [3.05, 3.63) is 22.4 Å². The topological polar surface area (TPSA) is 35.6 Å². The van der Waals surface area contributed by atoms with Crippen LogP contribution in [0.3, 0.4) is 0 Å². The van der Waals surface area contributed by atoms with Gasteiger partial charge in [0.05, 0.1) is 6.54 Å². The third kappa shape index (κ3) is 4.01. The van der Waals surface area contributed by atoms with Crippen molar-refractivity contribution in [1.29, 1.82) is 0 Å². The molecule has 0 aromatic carbocycles. The molecule has 1 aromatic heterocycles. The van der Waals surface area contributed by atoms with Crippen LogP contribution in [0.4, 0.5) is 13.6 Å². The normalized spacial score (nSPS) is 28.2. The van der Waals surface area contributed by atoms with Crippen LogP contribution in [-0.2, 0) is 0 Å². The first-order valence-electron chi connectivity index (χ1n) is 8.18. The summed E-state index contributed by atoms with van der Waals surface area (Å²) in [6, 6.07) is 2.30. The maximum Gasteiger partial charge on any atom is 0.317 e. The highest BCUT2D eigenvalue weighted by molar-refractivity contribution is 7.08. The molecule has 1 unspecified atom stereocenters. The van der Waals surface area contributed by atoms with Gasteiger partial charge < -0.3 is 10.2 Å². The fraction of sp³-hybridized carbons (Fsp3) is 0.688. The van der Waals surface area contributed by atoms with Crippen LogP contribution in [0.5, 0.6) is 0 Å². The van der Waals surface area contributed by atoms with E-state index in [1.807, 2.05) is 6.92 Å². The van der Waals surface area contributed by atoms with Crippen molar-refractivity contribution in [2.75, 3.05) is 26.2 Å². The van der Waals surface area contributed by atoms with Crippen molar-refractivity contribution in [3.63, 3.8) is 0 Å². The van der Waals surface area contributed by atoms with Gasteiger partial charge in [-0.1, -0.05) is 6.92 Å². The minimum Gasteiger partial charge on any atom is -0.335 e. The summed E-state index contributed by atoms with van der Waals surface area (Å²) in [5.74, 6) is 0.437. The molecule has 2 aliphatic rings. The van der Waals surface area contributed by atoms with Crippen molar-refractivity contribution < 1.29 is 13.6 Å². The van der Waals surface area contributed by atoms with E-state index in [9.17, 15) is 13.6 Å². The predicted octanol–water partition coefficient (Wildman–Crippen LogP) is 2.97. The average Bonchev–Trinajstić information content (AvgIpc) is 3.07. The fourth-order valence-electron chi connectivity index (χ4n) is 3.34. The first-order valence-corrected chi connectivity index (χ1v) is 9.12. The van der Waals surface area contributed by atoms with Crippen molar-refractivity contribution in [3.8, 4) is 0 Å². The minimum atomic E-state index is -2.32. The number of thiophene rings is 1. The molecule has 1 aliphatic carbocycles. The van der Waals surface area contributed by atoms with Crippen LogP contribution in [0.15, 0.2) is 16.8 Å². The standard InChI is InChI=1S/C16H23F2N3OS/c1-2-12-8-21(5-4-20(12)9-15(17)18)16(22)19-14-7-13(14)11-3-6-23-10-11/h3,6,10,12-15H,2,4-5,7-9H2,1H3,(H,19,22)/t12?,13-,14+/m0/s1. The average molecular weight is 343 g/mol. The maximum atomic E-state index is 12.6. The lowest BCUT2D eigenvalue weighted by Crippen LogP contribution is -2.57. The molecule has 2 fully saturated rings. The lowest BCUT2D eigenvalue weighted by molar-refractivity contribution is 0.0290. The van der Waals surface area contributed by atoms with Gasteiger partial charge in [-0.25, -0.2) is 13.6 Å². The van der Waals surface area contributed by atoms with Crippen molar-refractivity contribution in [2.45, 2.75) is 44.2 Å². The number of amides is 2. The molecule has 1 aliphatic heterocycles. The Morgan fingerprint density at radius 3 is 2.96 bits per heavy atom. The van der Waals surface area contributed by atoms with E-state index in [-0.39, 0.29) is 24.7 Å². The zero-order valence-corrected chi connectivity index (χ0v) is 14.1. The lowest BCUT2D eigenvalue weighted by atomic mass is 10.1. The van der Waals surface area contributed by atoms with Gasteiger partial charge in [0.2, 0.25) is 0 Å². The van der Waals surface area contributed by atoms with Gasteiger partial charge in [0.25, 0.3) is 6.43 Å². The van der Waals surface area contributed by atoms with E-state index >= 15 is 0 Å². The molecule has 1 saturated heterocycles. The van der Waals surface area contributed by atoms with Crippen LogP contribution < -0.4 is 5.32 Å². The van der Waals surface area contributed by atoms with E-state index in [0.29, 0.717) is 25.6 Å². The Hall–Kier alpha value is -1.21. The molecule has 7 heteroatoms. The van der Waals surface area contributed by atoms with Gasteiger partial charge >= 0.3 is 6.03 Å². The summed E-state index contributed by atoms with van der Waals surface area (Å²) in [7, 11) is 0. The number of nitrogens with zero attached hydrogens (tertiary/aromatic N) is 2. The SMILES string of the molecule is CCC1CN(C(=O)N[C@@H]2C[C@H]2c2ccsc2)CCN1CC(F)F. The molecular weight excluding hydrogens is 320 g/mol. The molecule has 0 spiro atoms. The number of urea groups is 1. The molecule has 0 bridgehead atoms. The summed E-state index contributed by atoms with van der Waals surface area (Å²) in [6.07, 6.45) is -0.551. The molecule has 3 atom stereocenters. The molecule has 128 valence electrons. The smallest absolute Gasteiger partial charge is 0.317 e. The Labute approximate surface area is 139 Å². The molecule has 4 nitrogen and oxygen atoms in total. The highest BCUT2D eigenvalue weighted by Gasteiger charge is 2.41. The Balaban J connectivity index is 1.49. The highest BCUT2D eigenvalue weighted by atomic mass is 32.1. The molecule has 0 radical (unpaired) electrons. The quantitative estimate of drug-likeness (QED) is 0.892. The van der Waals surface area contributed by atoms with Gasteiger partial charge in [0.15, 0.2) is 0 Å². The molecule has 1 aromatic rings. The number of halogens is 2. The first kappa shape index (κ1) is 16.6. The second-order valence-electron chi connectivity index (χ2n) is 6.35. The van der Waals surface area contributed by atoms with Gasteiger partial charge in [-0.15, -0.1) is 0 Å². The van der Waals surface area contributed by atoms with Crippen LogP contribution in [0.1, 0.15) is 31.2 Å². The predicted molar refractivity (Wildman–Crippen MR) is 87.2 cm³/mol. The number of alkyl halides is 2. The summed E-state index contributed by atoms with van der Waals surface area (Å²) in [6.45, 7) is 3.36. The first-order chi connectivity index (χ1) is 11.1. The van der Waals surface area contributed by atoms with Gasteiger partial charge in [-0.2, -0.15) is 11.3 Å². The molecule has 2 amide bonds. The summed E-state index contributed by atoms with van der Waals surface area (Å²) in [5.41, 5.74) is 1.30. The Morgan fingerprint density at radius 2 is 2.30 bits per heavy atom. The number of piperazine rings is 1. The zero-order valence-electron chi connectivity index (χ0n) is 13.3. The van der Waals surface area contributed by atoms with Crippen molar-refractivity contribution in [1.82, 2.24) is 15.1 Å². The Kier molecular flexibility index (Phi) is 5.16. The molecule has 23 heavy (non-hydrogen) atoms. The Bertz CT molecular complexity index is 525. The molecular formula is C16H23F2N3OS.